The van der Waals surface area contributed by atoms with Gasteiger partial charge in [-0.15, -0.1) is 0 Å². The van der Waals surface area contributed by atoms with Gasteiger partial charge in [-0.2, -0.15) is 0 Å². The van der Waals surface area contributed by atoms with Gasteiger partial charge in [0.2, 0.25) is 5.91 Å². The van der Waals surface area contributed by atoms with Crippen molar-refractivity contribution in [1.29, 1.82) is 0 Å². The monoisotopic (exact) mass is 298 g/mol. The van der Waals surface area contributed by atoms with E-state index in [1.165, 1.54) is 6.42 Å². The van der Waals surface area contributed by atoms with Crippen molar-refractivity contribution in [1.82, 2.24) is 10.2 Å². The van der Waals surface area contributed by atoms with Crippen LogP contribution in [0.2, 0.25) is 0 Å². The van der Waals surface area contributed by atoms with Crippen LogP contribution in [0, 0.1) is 17.8 Å². The van der Waals surface area contributed by atoms with E-state index in [4.69, 9.17) is 5.11 Å². The minimum absolute atomic E-state index is 0.187. The summed E-state index contributed by atoms with van der Waals surface area (Å²) in [5, 5.41) is 11.8. The van der Waals surface area contributed by atoms with Crippen LogP contribution >= 0.6 is 0 Å². The summed E-state index contributed by atoms with van der Waals surface area (Å²) in [7, 11) is 0. The van der Waals surface area contributed by atoms with Crippen LogP contribution in [0.4, 0.5) is 0 Å². The van der Waals surface area contributed by atoms with Gasteiger partial charge in [0.1, 0.15) is 0 Å². The summed E-state index contributed by atoms with van der Waals surface area (Å²) in [5.74, 6) is 1.01. The van der Waals surface area contributed by atoms with Crippen LogP contribution in [0.1, 0.15) is 46.5 Å². The van der Waals surface area contributed by atoms with E-state index in [0.29, 0.717) is 30.7 Å². The number of carbonyl (C=O) groups is 2. The fraction of sp³-hybridized carbons (Fsp3) is 0.875. The zero-order valence-corrected chi connectivity index (χ0v) is 13.6. The second-order valence-electron chi connectivity index (χ2n) is 6.75. The van der Waals surface area contributed by atoms with Gasteiger partial charge in [0, 0.05) is 19.5 Å². The number of aliphatic carboxylic acids is 1. The van der Waals surface area contributed by atoms with Crippen LogP contribution < -0.4 is 5.32 Å². The molecule has 0 saturated carbocycles. The molecule has 1 rings (SSSR count). The molecule has 0 aliphatic carbocycles. The van der Waals surface area contributed by atoms with E-state index in [1.807, 2.05) is 4.90 Å². The van der Waals surface area contributed by atoms with Crippen molar-refractivity contribution in [3.8, 4) is 0 Å². The molecule has 0 aromatic rings. The highest BCUT2D eigenvalue weighted by molar-refractivity contribution is 5.78. The average Bonchev–Trinajstić information content (AvgIpc) is 2.40. The number of piperidine rings is 1. The zero-order valence-electron chi connectivity index (χ0n) is 13.6. The molecule has 122 valence electrons. The van der Waals surface area contributed by atoms with Crippen molar-refractivity contribution < 1.29 is 14.7 Å². The van der Waals surface area contributed by atoms with Gasteiger partial charge < -0.3 is 15.3 Å². The molecule has 0 radical (unpaired) electrons. The van der Waals surface area contributed by atoms with Crippen LogP contribution in [0.25, 0.3) is 0 Å². The SMILES string of the molecule is CC(CCNCC(=O)N1CC(C)CC(C)C1)CCC(=O)O. The molecule has 3 unspecified atom stereocenters. The van der Waals surface area contributed by atoms with Crippen molar-refractivity contribution >= 4 is 11.9 Å². The standard InChI is InChI=1S/C16H30N2O3/c1-12(4-5-16(20)21)6-7-17-9-15(19)18-10-13(2)8-14(3)11-18/h12-14,17H,4-11H2,1-3H3,(H,20,21). The smallest absolute Gasteiger partial charge is 0.303 e. The molecule has 1 amide bonds. The first-order chi connectivity index (χ1) is 9.88. The summed E-state index contributed by atoms with van der Waals surface area (Å²) in [6.07, 6.45) is 3.04. The number of nitrogens with one attached hydrogen (secondary N) is 1. The Morgan fingerprint density at radius 1 is 1.24 bits per heavy atom. The number of amides is 1. The molecule has 0 bridgehead atoms. The lowest BCUT2D eigenvalue weighted by atomic mass is 9.92. The largest absolute Gasteiger partial charge is 0.481 e. The normalized spacial score (nSPS) is 23.9. The second kappa shape index (κ2) is 9.03. The Balaban J connectivity index is 2.14. The Labute approximate surface area is 128 Å². The van der Waals surface area contributed by atoms with Gasteiger partial charge in [0.25, 0.3) is 0 Å². The fourth-order valence-electron chi connectivity index (χ4n) is 3.04. The summed E-state index contributed by atoms with van der Waals surface area (Å²) in [4.78, 5) is 24.6. The molecule has 0 aromatic heterocycles. The lowest BCUT2D eigenvalue weighted by molar-refractivity contribution is -0.137. The number of rotatable bonds is 8. The number of carbonyl (C=O) groups excluding carboxylic acids is 1. The van der Waals surface area contributed by atoms with E-state index in [2.05, 4.69) is 26.1 Å². The Morgan fingerprint density at radius 2 is 1.86 bits per heavy atom. The van der Waals surface area contributed by atoms with Crippen LogP contribution in [-0.2, 0) is 9.59 Å². The lowest BCUT2D eigenvalue weighted by Crippen LogP contribution is -2.46. The second-order valence-corrected chi connectivity index (χ2v) is 6.75. The van der Waals surface area contributed by atoms with E-state index in [0.717, 1.165) is 26.1 Å². The first-order valence-corrected chi connectivity index (χ1v) is 8.08. The number of hydrogen-bond donors (Lipinski definition) is 2. The molecule has 1 heterocycles. The summed E-state index contributed by atoms with van der Waals surface area (Å²) >= 11 is 0. The molecular formula is C16H30N2O3. The van der Waals surface area contributed by atoms with Gasteiger partial charge in [-0.3, -0.25) is 9.59 Å². The number of carboxylic acid groups (broad SMARTS) is 1. The number of carboxylic acids is 1. The van der Waals surface area contributed by atoms with Gasteiger partial charge in [-0.05, 0) is 43.6 Å². The Bertz CT molecular complexity index is 336. The van der Waals surface area contributed by atoms with E-state index < -0.39 is 5.97 Å². The van der Waals surface area contributed by atoms with Gasteiger partial charge in [-0.25, -0.2) is 0 Å². The third kappa shape index (κ3) is 7.46. The summed E-state index contributed by atoms with van der Waals surface area (Å²) in [5.41, 5.74) is 0. The predicted molar refractivity (Wildman–Crippen MR) is 83.0 cm³/mol. The molecule has 0 aromatic carbocycles. The molecule has 1 aliphatic rings. The Kier molecular flexibility index (Phi) is 7.72. The molecular weight excluding hydrogens is 268 g/mol. The maximum Gasteiger partial charge on any atom is 0.303 e. The van der Waals surface area contributed by atoms with E-state index in [9.17, 15) is 9.59 Å². The molecule has 5 heteroatoms. The van der Waals surface area contributed by atoms with Crippen molar-refractivity contribution in [3.63, 3.8) is 0 Å². The van der Waals surface area contributed by atoms with Gasteiger partial charge >= 0.3 is 5.97 Å². The summed E-state index contributed by atoms with van der Waals surface area (Å²) in [6, 6.07) is 0. The summed E-state index contributed by atoms with van der Waals surface area (Å²) in [6.45, 7) is 9.37. The van der Waals surface area contributed by atoms with Crippen molar-refractivity contribution in [2.45, 2.75) is 46.5 Å². The van der Waals surface area contributed by atoms with E-state index >= 15 is 0 Å². The fourth-order valence-corrected chi connectivity index (χ4v) is 3.04. The number of likely N-dealkylation sites (tertiary alicyclic amines) is 1. The van der Waals surface area contributed by atoms with Crippen LogP contribution in [0.5, 0.6) is 0 Å². The van der Waals surface area contributed by atoms with E-state index in [1.54, 1.807) is 0 Å². The molecule has 2 N–H and O–H groups in total. The van der Waals surface area contributed by atoms with Crippen molar-refractivity contribution in [2.24, 2.45) is 17.8 Å². The highest BCUT2D eigenvalue weighted by atomic mass is 16.4. The molecule has 0 spiro atoms. The van der Waals surface area contributed by atoms with E-state index in [-0.39, 0.29) is 12.3 Å². The third-order valence-electron chi connectivity index (χ3n) is 4.16. The topological polar surface area (TPSA) is 69.6 Å². The number of nitrogens with zero attached hydrogens (tertiary/aromatic N) is 1. The molecule has 5 nitrogen and oxygen atoms in total. The minimum atomic E-state index is -0.738. The molecule has 1 fully saturated rings. The average molecular weight is 298 g/mol. The highest BCUT2D eigenvalue weighted by Crippen LogP contribution is 2.20. The van der Waals surface area contributed by atoms with Gasteiger partial charge in [0.15, 0.2) is 0 Å². The Morgan fingerprint density at radius 3 is 2.43 bits per heavy atom. The highest BCUT2D eigenvalue weighted by Gasteiger charge is 2.24. The predicted octanol–water partition coefficient (Wildman–Crippen LogP) is 1.97. The first-order valence-electron chi connectivity index (χ1n) is 8.08. The van der Waals surface area contributed by atoms with Crippen LogP contribution in [0.3, 0.4) is 0 Å². The number of hydrogen-bond acceptors (Lipinski definition) is 3. The van der Waals surface area contributed by atoms with Crippen LogP contribution in [0.15, 0.2) is 0 Å². The van der Waals surface area contributed by atoms with Crippen molar-refractivity contribution in [2.75, 3.05) is 26.2 Å². The molecule has 3 atom stereocenters. The molecule has 1 saturated heterocycles. The van der Waals surface area contributed by atoms with Gasteiger partial charge in [-0.1, -0.05) is 20.8 Å². The maximum absolute atomic E-state index is 12.1. The van der Waals surface area contributed by atoms with Gasteiger partial charge in [0.05, 0.1) is 6.54 Å². The van der Waals surface area contributed by atoms with Crippen molar-refractivity contribution in [3.05, 3.63) is 0 Å². The quantitative estimate of drug-likeness (QED) is 0.672. The maximum atomic E-state index is 12.1. The molecule has 21 heavy (non-hydrogen) atoms. The first kappa shape index (κ1) is 18.0. The van der Waals surface area contributed by atoms with Crippen LogP contribution in [-0.4, -0.2) is 48.1 Å². The Hall–Kier alpha value is -1.10. The third-order valence-corrected chi connectivity index (χ3v) is 4.16. The lowest BCUT2D eigenvalue weighted by Gasteiger charge is -2.35. The summed E-state index contributed by atoms with van der Waals surface area (Å²) < 4.78 is 0. The molecule has 1 aliphatic heterocycles. The minimum Gasteiger partial charge on any atom is -0.481 e. The zero-order chi connectivity index (χ0) is 15.8.